The topological polar surface area (TPSA) is 76.4 Å². The zero-order chi connectivity index (χ0) is 9.26. The first-order valence-corrected chi connectivity index (χ1v) is 4.35. The smallest absolute Gasteiger partial charge is 0.190 e. The van der Waals surface area contributed by atoms with Crippen LogP contribution in [0.25, 0.3) is 0 Å². The van der Waals surface area contributed by atoms with Gasteiger partial charge in [-0.1, -0.05) is 5.16 Å². The van der Waals surface area contributed by atoms with Gasteiger partial charge in [0.15, 0.2) is 5.84 Å². The summed E-state index contributed by atoms with van der Waals surface area (Å²) in [5.41, 5.74) is 7.20. The van der Waals surface area contributed by atoms with Gasteiger partial charge in [-0.05, 0) is 19.3 Å². The Bertz CT molecular complexity index is 342. The maximum Gasteiger partial charge on any atom is 0.190 e. The van der Waals surface area contributed by atoms with Gasteiger partial charge in [0.05, 0.1) is 6.33 Å². The Morgan fingerprint density at radius 2 is 2.46 bits per heavy atom. The Labute approximate surface area is 75.9 Å². The van der Waals surface area contributed by atoms with Crippen LogP contribution in [0.4, 0.5) is 0 Å². The summed E-state index contributed by atoms with van der Waals surface area (Å²) >= 11 is 0. The maximum absolute atomic E-state index is 8.52. The van der Waals surface area contributed by atoms with Crippen molar-refractivity contribution in [1.29, 1.82) is 0 Å². The third-order valence-corrected chi connectivity index (χ3v) is 2.36. The van der Waals surface area contributed by atoms with E-state index in [4.69, 9.17) is 10.9 Å². The minimum absolute atomic E-state index is 0.107. The summed E-state index contributed by atoms with van der Waals surface area (Å²) in [6.07, 6.45) is 5.05. The first-order valence-electron chi connectivity index (χ1n) is 4.35. The zero-order valence-corrected chi connectivity index (χ0v) is 7.27. The Morgan fingerprint density at radius 1 is 1.62 bits per heavy atom. The number of imidazole rings is 1. The second-order valence-corrected chi connectivity index (χ2v) is 3.18. The second-order valence-electron chi connectivity index (χ2n) is 3.18. The highest BCUT2D eigenvalue weighted by molar-refractivity contribution is 5.96. The highest BCUT2D eigenvalue weighted by atomic mass is 16.4. The molecule has 0 amide bonds. The molecule has 0 fully saturated rings. The Kier molecular flexibility index (Phi) is 1.92. The monoisotopic (exact) mass is 180 g/mol. The molecule has 1 aliphatic rings. The van der Waals surface area contributed by atoms with Crippen molar-refractivity contribution in [1.82, 2.24) is 9.55 Å². The van der Waals surface area contributed by atoms with Crippen molar-refractivity contribution in [3.8, 4) is 0 Å². The van der Waals surface area contributed by atoms with Gasteiger partial charge in [-0.15, -0.1) is 0 Å². The molecular formula is C8H12N4O. The molecule has 0 saturated heterocycles. The molecule has 5 heteroatoms. The summed E-state index contributed by atoms with van der Waals surface area (Å²) in [6, 6.07) is 0. The lowest BCUT2D eigenvalue weighted by molar-refractivity contribution is 0.318. The van der Waals surface area contributed by atoms with Crippen LogP contribution in [0.1, 0.15) is 24.2 Å². The summed E-state index contributed by atoms with van der Waals surface area (Å²) in [6.45, 7) is 0.987. The van der Waals surface area contributed by atoms with E-state index in [0.29, 0.717) is 5.69 Å². The zero-order valence-electron chi connectivity index (χ0n) is 7.27. The van der Waals surface area contributed by atoms with Gasteiger partial charge in [0.25, 0.3) is 0 Å². The number of nitrogens with zero attached hydrogens (tertiary/aromatic N) is 3. The number of hydrogen-bond acceptors (Lipinski definition) is 3. The van der Waals surface area contributed by atoms with E-state index in [-0.39, 0.29) is 5.84 Å². The lowest BCUT2D eigenvalue weighted by Gasteiger charge is -2.14. The van der Waals surface area contributed by atoms with E-state index < -0.39 is 0 Å². The van der Waals surface area contributed by atoms with Crippen molar-refractivity contribution in [3.63, 3.8) is 0 Å². The van der Waals surface area contributed by atoms with Crippen molar-refractivity contribution in [2.75, 3.05) is 0 Å². The molecule has 2 rings (SSSR count). The molecule has 0 aromatic carbocycles. The number of aromatic nitrogens is 2. The normalized spacial score (nSPS) is 17.1. The SMILES string of the molecule is N/C(=N/O)c1ncn2c1CCCC2. The van der Waals surface area contributed by atoms with E-state index in [0.717, 1.165) is 25.1 Å². The third kappa shape index (κ3) is 1.26. The molecule has 0 atom stereocenters. The van der Waals surface area contributed by atoms with Crippen molar-refractivity contribution < 1.29 is 5.21 Å². The highest BCUT2D eigenvalue weighted by Crippen LogP contribution is 2.17. The van der Waals surface area contributed by atoms with Gasteiger partial charge in [-0.2, -0.15) is 0 Å². The van der Waals surface area contributed by atoms with Crippen LogP contribution in [-0.2, 0) is 13.0 Å². The molecular weight excluding hydrogens is 168 g/mol. The summed E-state index contributed by atoms with van der Waals surface area (Å²) in [5, 5.41) is 11.5. The summed E-state index contributed by atoms with van der Waals surface area (Å²) in [7, 11) is 0. The van der Waals surface area contributed by atoms with Crippen LogP contribution >= 0.6 is 0 Å². The van der Waals surface area contributed by atoms with E-state index in [9.17, 15) is 0 Å². The minimum atomic E-state index is 0.107. The molecule has 0 spiro atoms. The van der Waals surface area contributed by atoms with Crippen LogP contribution in [0.3, 0.4) is 0 Å². The first-order chi connectivity index (χ1) is 6.33. The van der Waals surface area contributed by atoms with Crippen molar-refractivity contribution >= 4 is 5.84 Å². The molecule has 0 aliphatic carbocycles. The van der Waals surface area contributed by atoms with Gasteiger partial charge in [-0.3, -0.25) is 0 Å². The Hall–Kier alpha value is -1.52. The van der Waals surface area contributed by atoms with Crippen molar-refractivity contribution in [2.45, 2.75) is 25.8 Å². The molecule has 1 aromatic rings. The molecule has 2 heterocycles. The second kappa shape index (κ2) is 3.08. The predicted molar refractivity (Wildman–Crippen MR) is 47.7 cm³/mol. The van der Waals surface area contributed by atoms with E-state index in [1.54, 1.807) is 6.33 Å². The molecule has 1 aromatic heterocycles. The lowest BCUT2D eigenvalue weighted by Crippen LogP contribution is -2.18. The first kappa shape index (κ1) is 8.10. The van der Waals surface area contributed by atoms with Crippen LogP contribution < -0.4 is 5.73 Å². The van der Waals surface area contributed by atoms with Crippen LogP contribution in [0, 0.1) is 0 Å². The molecule has 13 heavy (non-hydrogen) atoms. The van der Waals surface area contributed by atoms with Crippen LogP contribution in [0.5, 0.6) is 0 Å². The van der Waals surface area contributed by atoms with Crippen molar-refractivity contribution in [3.05, 3.63) is 17.7 Å². The molecule has 0 saturated carbocycles. The number of hydrogen-bond donors (Lipinski definition) is 2. The number of amidine groups is 1. The number of rotatable bonds is 1. The van der Waals surface area contributed by atoms with E-state index in [1.165, 1.54) is 6.42 Å². The molecule has 3 N–H and O–H groups in total. The molecule has 1 aliphatic heterocycles. The summed E-state index contributed by atoms with van der Waals surface area (Å²) in [5.74, 6) is 0.107. The molecule has 70 valence electrons. The van der Waals surface area contributed by atoms with Gasteiger partial charge in [-0.25, -0.2) is 4.98 Å². The predicted octanol–water partition coefficient (Wildman–Crippen LogP) is 0.314. The fourth-order valence-corrected chi connectivity index (χ4v) is 1.70. The fraction of sp³-hybridized carbons (Fsp3) is 0.500. The quantitative estimate of drug-likeness (QED) is 0.283. The number of aryl methyl sites for hydroxylation is 1. The fourth-order valence-electron chi connectivity index (χ4n) is 1.70. The van der Waals surface area contributed by atoms with Crippen LogP contribution in [0.2, 0.25) is 0 Å². The molecule has 0 radical (unpaired) electrons. The average Bonchev–Trinajstić information content (AvgIpc) is 2.60. The van der Waals surface area contributed by atoms with E-state index in [1.807, 2.05) is 0 Å². The minimum Gasteiger partial charge on any atom is -0.409 e. The average molecular weight is 180 g/mol. The standard InChI is InChI=1S/C8H12N4O/c9-8(11-13)7-6-3-1-2-4-12(6)5-10-7/h5,13H,1-4H2,(H2,9,11). The molecule has 0 bridgehead atoms. The van der Waals surface area contributed by atoms with E-state index >= 15 is 0 Å². The largest absolute Gasteiger partial charge is 0.409 e. The van der Waals surface area contributed by atoms with Crippen LogP contribution in [-0.4, -0.2) is 20.6 Å². The number of nitrogens with two attached hydrogens (primary N) is 1. The van der Waals surface area contributed by atoms with Gasteiger partial charge in [0, 0.05) is 12.2 Å². The van der Waals surface area contributed by atoms with Gasteiger partial charge < -0.3 is 15.5 Å². The van der Waals surface area contributed by atoms with Gasteiger partial charge in [0.2, 0.25) is 0 Å². The maximum atomic E-state index is 8.52. The number of oxime groups is 1. The Balaban J connectivity index is 2.42. The summed E-state index contributed by atoms with van der Waals surface area (Å²) < 4.78 is 2.07. The van der Waals surface area contributed by atoms with E-state index in [2.05, 4.69) is 14.7 Å². The molecule has 5 nitrogen and oxygen atoms in total. The molecule has 0 unspecified atom stereocenters. The number of fused-ring (bicyclic) bond motifs is 1. The summed E-state index contributed by atoms with van der Waals surface area (Å²) in [4.78, 5) is 4.12. The van der Waals surface area contributed by atoms with Gasteiger partial charge >= 0.3 is 0 Å². The van der Waals surface area contributed by atoms with Crippen LogP contribution in [0.15, 0.2) is 11.5 Å². The van der Waals surface area contributed by atoms with Crippen molar-refractivity contribution in [2.24, 2.45) is 10.9 Å². The Morgan fingerprint density at radius 3 is 3.23 bits per heavy atom. The van der Waals surface area contributed by atoms with Gasteiger partial charge in [0.1, 0.15) is 5.69 Å². The lowest BCUT2D eigenvalue weighted by atomic mass is 10.1. The third-order valence-electron chi connectivity index (χ3n) is 2.36. The highest BCUT2D eigenvalue weighted by Gasteiger charge is 2.16.